The van der Waals surface area contributed by atoms with Gasteiger partial charge in [-0.1, -0.05) is 0 Å². The lowest BCUT2D eigenvalue weighted by Gasteiger charge is -2.09. The van der Waals surface area contributed by atoms with Crippen molar-refractivity contribution in [1.29, 1.82) is 0 Å². The molecule has 2 aromatic heterocycles. The molecule has 2 rings (SSSR count). The summed E-state index contributed by atoms with van der Waals surface area (Å²) in [7, 11) is 1.84. The summed E-state index contributed by atoms with van der Waals surface area (Å²) in [5.41, 5.74) is 1.37. The van der Waals surface area contributed by atoms with Crippen molar-refractivity contribution in [1.82, 2.24) is 20.1 Å². The van der Waals surface area contributed by atoms with Gasteiger partial charge in [0.25, 0.3) is 5.91 Å². The smallest absolute Gasteiger partial charge is 0.255 e. The highest BCUT2D eigenvalue weighted by molar-refractivity contribution is 5.98. The van der Waals surface area contributed by atoms with Crippen molar-refractivity contribution in [3.8, 4) is 0 Å². The van der Waals surface area contributed by atoms with Crippen molar-refractivity contribution in [2.45, 2.75) is 13.5 Å². The summed E-state index contributed by atoms with van der Waals surface area (Å²) in [6.07, 6.45) is 3.50. The summed E-state index contributed by atoms with van der Waals surface area (Å²) in [6, 6.07) is 5.37. The van der Waals surface area contributed by atoms with Gasteiger partial charge in [-0.05, 0) is 25.1 Å². The molecule has 6 heteroatoms. The molecule has 6 nitrogen and oxygen atoms in total. The normalized spacial score (nSPS) is 10.2. The molecule has 0 bridgehead atoms. The first-order valence-corrected chi connectivity index (χ1v) is 6.16. The second kappa shape index (κ2) is 5.99. The number of carbonyl (C=O) groups excluding carboxylic acids is 1. The van der Waals surface area contributed by atoms with Crippen LogP contribution in [0.15, 0.2) is 30.6 Å². The van der Waals surface area contributed by atoms with Crippen molar-refractivity contribution in [2.24, 2.45) is 7.05 Å². The molecule has 0 unspecified atom stereocenters. The number of pyridine rings is 1. The van der Waals surface area contributed by atoms with Crippen molar-refractivity contribution in [3.63, 3.8) is 0 Å². The van der Waals surface area contributed by atoms with Gasteiger partial charge in [0.2, 0.25) is 0 Å². The molecule has 0 saturated heterocycles. The molecule has 0 radical (unpaired) electrons. The van der Waals surface area contributed by atoms with Gasteiger partial charge < -0.3 is 10.6 Å². The van der Waals surface area contributed by atoms with Crippen LogP contribution >= 0.6 is 0 Å². The molecule has 0 atom stereocenters. The molecule has 2 aromatic rings. The van der Waals surface area contributed by atoms with Crippen LogP contribution in [0.25, 0.3) is 0 Å². The Morgan fingerprint density at radius 2 is 2.26 bits per heavy atom. The zero-order chi connectivity index (χ0) is 13.7. The maximum absolute atomic E-state index is 12.1. The Bertz CT molecular complexity index is 564. The molecule has 2 N–H and O–H groups in total. The molecular weight excluding hydrogens is 242 g/mol. The van der Waals surface area contributed by atoms with Crippen LogP contribution in [0, 0.1) is 0 Å². The zero-order valence-corrected chi connectivity index (χ0v) is 11.1. The average molecular weight is 259 g/mol. The van der Waals surface area contributed by atoms with E-state index in [0.29, 0.717) is 17.9 Å². The molecule has 1 amide bonds. The van der Waals surface area contributed by atoms with Gasteiger partial charge in [-0.3, -0.25) is 9.48 Å². The first-order valence-electron chi connectivity index (χ1n) is 6.16. The maximum atomic E-state index is 12.1. The Morgan fingerprint density at radius 3 is 2.95 bits per heavy atom. The highest BCUT2D eigenvalue weighted by atomic mass is 16.1. The molecule has 0 fully saturated rings. The highest BCUT2D eigenvalue weighted by Crippen LogP contribution is 2.11. The van der Waals surface area contributed by atoms with E-state index in [9.17, 15) is 4.79 Å². The van der Waals surface area contributed by atoms with E-state index >= 15 is 0 Å². The van der Waals surface area contributed by atoms with Gasteiger partial charge in [-0.2, -0.15) is 5.10 Å². The van der Waals surface area contributed by atoms with Crippen LogP contribution in [-0.2, 0) is 13.6 Å². The van der Waals surface area contributed by atoms with Crippen molar-refractivity contribution in [3.05, 3.63) is 41.9 Å². The largest absolute Gasteiger partial charge is 0.370 e. The Morgan fingerprint density at radius 1 is 1.42 bits per heavy atom. The van der Waals surface area contributed by atoms with Crippen molar-refractivity contribution < 1.29 is 4.79 Å². The SMILES string of the molecule is CCNc1ncccc1C(=O)NCc1ccn(C)n1. The molecule has 0 aromatic carbocycles. The summed E-state index contributed by atoms with van der Waals surface area (Å²) in [5, 5.41) is 10.1. The highest BCUT2D eigenvalue weighted by Gasteiger charge is 2.11. The number of amides is 1. The number of hydrogen-bond donors (Lipinski definition) is 2. The molecule has 100 valence electrons. The number of aromatic nitrogens is 3. The standard InChI is InChI=1S/C13H17N5O/c1-3-14-12-11(5-4-7-15-12)13(19)16-9-10-6-8-18(2)17-10/h4-8H,3,9H2,1-2H3,(H,14,15)(H,16,19). The van der Waals surface area contributed by atoms with Gasteiger partial charge in [0.15, 0.2) is 0 Å². The first-order chi connectivity index (χ1) is 9.20. The van der Waals surface area contributed by atoms with E-state index in [1.165, 1.54) is 0 Å². The molecule has 0 spiro atoms. The number of nitrogens with one attached hydrogen (secondary N) is 2. The topological polar surface area (TPSA) is 71.8 Å². The number of carbonyl (C=O) groups is 1. The summed E-state index contributed by atoms with van der Waals surface area (Å²) < 4.78 is 1.70. The first kappa shape index (κ1) is 13.1. The van der Waals surface area contributed by atoms with Crippen molar-refractivity contribution >= 4 is 11.7 Å². The van der Waals surface area contributed by atoms with Gasteiger partial charge in [0, 0.05) is 26.0 Å². The molecule has 0 aliphatic heterocycles. The third-order valence-corrected chi connectivity index (χ3v) is 2.60. The van der Waals surface area contributed by atoms with Gasteiger partial charge in [-0.15, -0.1) is 0 Å². The van der Waals surface area contributed by atoms with Crippen LogP contribution in [0.3, 0.4) is 0 Å². The predicted octanol–water partition coefficient (Wildman–Crippen LogP) is 1.18. The predicted molar refractivity (Wildman–Crippen MR) is 72.8 cm³/mol. The summed E-state index contributed by atoms with van der Waals surface area (Å²) >= 11 is 0. The third-order valence-electron chi connectivity index (χ3n) is 2.60. The minimum absolute atomic E-state index is 0.158. The minimum Gasteiger partial charge on any atom is -0.370 e. The number of aryl methyl sites for hydroxylation is 1. The fourth-order valence-corrected chi connectivity index (χ4v) is 1.72. The van der Waals surface area contributed by atoms with E-state index in [1.54, 1.807) is 23.0 Å². The van der Waals surface area contributed by atoms with Crippen LogP contribution in [0.1, 0.15) is 23.0 Å². The van der Waals surface area contributed by atoms with E-state index in [1.807, 2.05) is 26.2 Å². The lowest BCUT2D eigenvalue weighted by molar-refractivity contribution is 0.0951. The third kappa shape index (κ3) is 3.31. The Hall–Kier alpha value is -2.37. The van der Waals surface area contributed by atoms with Crippen LogP contribution in [0.2, 0.25) is 0 Å². The second-order valence-corrected chi connectivity index (χ2v) is 4.09. The van der Waals surface area contributed by atoms with Crippen molar-refractivity contribution in [2.75, 3.05) is 11.9 Å². The van der Waals surface area contributed by atoms with Gasteiger partial charge in [0.1, 0.15) is 5.82 Å². The van der Waals surface area contributed by atoms with Crippen LogP contribution in [-0.4, -0.2) is 27.2 Å². The Kier molecular flexibility index (Phi) is 4.12. The van der Waals surface area contributed by atoms with Crippen LogP contribution in [0.4, 0.5) is 5.82 Å². The molecular formula is C13H17N5O. The van der Waals surface area contributed by atoms with E-state index in [4.69, 9.17) is 0 Å². The molecule has 0 aliphatic carbocycles. The fourth-order valence-electron chi connectivity index (χ4n) is 1.72. The molecule has 0 saturated carbocycles. The molecule has 19 heavy (non-hydrogen) atoms. The molecule has 0 aliphatic rings. The van der Waals surface area contributed by atoms with E-state index < -0.39 is 0 Å². The summed E-state index contributed by atoms with van der Waals surface area (Å²) in [6.45, 7) is 3.09. The minimum atomic E-state index is -0.158. The molecule has 2 heterocycles. The average Bonchev–Trinajstić information content (AvgIpc) is 2.83. The van der Waals surface area contributed by atoms with E-state index in [-0.39, 0.29) is 5.91 Å². The van der Waals surface area contributed by atoms with Crippen LogP contribution in [0.5, 0.6) is 0 Å². The van der Waals surface area contributed by atoms with E-state index in [0.717, 1.165) is 12.2 Å². The number of nitrogens with zero attached hydrogens (tertiary/aromatic N) is 3. The summed E-state index contributed by atoms with van der Waals surface area (Å²) in [5.74, 6) is 0.443. The van der Waals surface area contributed by atoms with Crippen LogP contribution < -0.4 is 10.6 Å². The Balaban J connectivity index is 2.03. The lowest BCUT2D eigenvalue weighted by Crippen LogP contribution is -2.24. The zero-order valence-electron chi connectivity index (χ0n) is 11.1. The van der Waals surface area contributed by atoms with E-state index in [2.05, 4.69) is 20.7 Å². The Labute approximate surface area is 111 Å². The van der Waals surface area contributed by atoms with Gasteiger partial charge in [0.05, 0.1) is 17.8 Å². The number of rotatable bonds is 5. The summed E-state index contributed by atoms with van der Waals surface area (Å²) in [4.78, 5) is 16.3. The van der Waals surface area contributed by atoms with Gasteiger partial charge in [-0.25, -0.2) is 4.98 Å². The number of anilines is 1. The second-order valence-electron chi connectivity index (χ2n) is 4.09. The lowest BCUT2D eigenvalue weighted by atomic mass is 10.2. The fraction of sp³-hybridized carbons (Fsp3) is 0.308. The monoisotopic (exact) mass is 259 g/mol. The van der Waals surface area contributed by atoms with Gasteiger partial charge >= 0.3 is 0 Å². The maximum Gasteiger partial charge on any atom is 0.255 e. The quantitative estimate of drug-likeness (QED) is 0.845. The number of hydrogen-bond acceptors (Lipinski definition) is 4.